The monoisotopic (exact) mass is 392 g/mol. The molecule has 21 heavy (non-hydrogen) atoms. The second-order valence-electron chi connectivity index (χ2n) is 4.56. The molecule has 0 aliphatic heterocycles. The first kappa shape index (κ1) is 13.9. The van der Waals surface area contributed by atoms with Crippen LogP contribution in [0.1, 0.15) is 0 Å². The molecule has 0 amide bonds. The van der Waals surface area contributed by atoms with E-state index in [1.165, 1.54) is 3.57 Å². The van der Waals surface area contributed by atoms with Crippen LogP contribution in [0.3, 0.4) is 0 Å². The minimum Gasteiger partial charge on any atom is -0.507 e. The molecule has 0 spiro atoms. The number of H-pyrrole nitrogens is 1. The minimum absolute atomic E-state index is 0.159. The van der Waals surface area contributed by atoms with Crippen LogP contribution in [0.15, 0.2) is 48.5 Å². The zero-order valence-corrected chi connectivity index (χ0v) is 13.5. The van der Waals surface area contributed by atoms with Crippen molar-refractivity contribution >= 4 is 22.6 Å². The van der Waals surface area contributed by atoms with Gasteiger partial charge in [-0.1, -0.05) is 12.1 Å². The van der Waals surface area contributed by atoms with Crippen molar-refractivity contribution in [3.05, 3.63) is 52.1 Å². The van der Waals surface area contributed by atoms with Crippen LogP contribution >= 0.6 is 22.6 Å². The van der Waals surface area contributed by atoms with Gasteiger partial charge < -0.3 is 9.84 Å². The Hall–Kier alpha value is -2.02. The Kier molecular flexibility index (Phi) is 3.83. The van der Waals surface area contributed by atoms with Crippen LogP contribution in [-0.4, -0.2) is 22.4 Å². The highest BCUT2D eigenvalue weighted by Crippen LogP contribution is 2.33. The summed E-state index contributed by atoms with van der Waals surface area (Å²) in [6.07, 6.45) is 0. The van der Waals surface area contributed by atoms with Crippen molar-refractivity contribution in [2.75, 3.05) is 7.11 Å². The zero-order chi connectivity index (χ0) is 14.8. The van der Waals surface area contributed by atoms with Crippen LogP contribution in [-0.2, 0) is 0 Å². The van der Waals surface area contributed by atoms with Gasteiger partial charge in [0.15, 0.2) is 0 Å². The maximum atomic E-state index is 10.1. The minimum atomic E-state index is 0.159. The lowest BCUT2D eigenvalue weighted by atomic mass is 10.1. The summed E-state index contributed by atoms with van der Waals surface area (Å²) in [7, 11) is 1.57. The number of phenols is 1. The number of phenolic OH excluding ortho intramolecular Hbond substituents is 1. The summed E-state index contributed by atoms with van der Waals surface area (Å²) in [6, 6.07) is 15.2. The lowest BCUT2D eigenvalue weighted by Crippen LogP contribution is -1.84. The van der Waals surface area contributed by atoms with E-state index in [9.17, 15) is 5.11 Å². The molecule has 4 nitrogen and oxygen atoms in total. The van der Waals surface area contributed by atoms with E-state index >= 15 is 0 Å². The average Bonchev–Trinajstić information content (AvgIpc) is 2.97. The lowest BCUT2D eigenvalue weighted by molar-refractivity contribution is 0.408. The number of ether oxygens (including phenoxy) is 1. The fraction of sp³-hybridized carbons (Fsp3) is 0.0625. The maximum Gasteiger partial charge on any atom is 0.128 e. The van der Waals surface area contributed by atoms with E-state index in [0.717, 1.165) is 17.0 Å². The highest BCUT2D eigenvalue weighted by atomic mass is 127. The fourth-order valence-corrected chi connectivity index (χ4v) is 2.45. The number of nitrogens with zero attached hydrogens (tertiary/aromatic N) is 1. The first-order valence-electron chi connectivity index (χ1n) is 6.36. The predicted molar refractivity (Wildman–Crippen MR) is 90.4 cm³/mol. The molecule has 2 aromatic carbocycles. The third kappa shape index (κ3) is 2.87. The lowest BCUT2D eigenvalue weighted by Gasteiger charge is -2.04. The number of aromatic amines is 1. The number of nitrogens with one attached hydrogen (secondary N) is 1. The highest BCUT2D eigenvalue weighted by molar-refractivity contribution is 14.1. The molecule has 0 aliphatic carbocycles. The summed E-state index contributed by atoms with van der Waals surface area (Å²) in [5, 5.41) is 17.3. The van der Waals surface area contributed by atoms with Crippen molar-refractivity contribution in [1.82, 2.24) is 10.2 Å². The Balaban J connectivity index is 1.96. The molecule has 2 N–H and O–H groups in total. The normalized spacial score (nSPS) is 10.6. The van der Waals surface area contributed by atoms with E-state index in [1.807, 2.05) is 30.3 Å². The number of aromatic nitrogens is 2. The van der Waals surface area contributed by atoms with Crippen molar-refractivity contribution in [1.29, 1.82) is 0 Å². The van der Waals surface area contributed by atoms with Crippen molar-refractivity contribution in [3.63, 3.8) is 0 Å². The second kappa shape index (κ2) is 5.77. The van der Waals surface area contributed by atoms with Crippen LogP contribution < -0.4 is 4.74 Å². The first-order valence-corrected chi connectivity index (χ1v) is 7.44. The van der Waals surface area contributed by atoms with Gasteiger partial charge in [0.25, 0.3) is 0 Å². The third-order valence-electron chi connectivity index (χ3n) is 3.21. The smallest absolute Gasteiger partial charge is 0.128 e. The zero-order valence-electron chi connectivity index (χ0n) is 11.3. The quantitative estimate of drug-likeness (QED) is 0.661. The number of aromatic hydroxyl groups is 1. The van der Waals surface area contributed by atoms with Gasteiger partial charge in [-0.25, -0.2) is 0 Å². The molecule has 5 heteroatoms. The SMILES string of the molecule is COc1ccc(-c2cc(-c3ccc(I)cc3)n[nH]2)c(O)c1. The summed E-state index contributed by atoms with van der Waals surface area (Å²) >= 11 is 2.27. The van der Waals surface area contributed by atoms with Gasteiger partial charge in [-0.15, -0.1) is 0 Å². The topological polar surface area (TPSA) is 58.1 Å². The van der Waals surface area contributed by atoms with Gasteiger partial charge >= 0.3 is 0 Å². The molecule has 0 radical (unpaired) electrons. The van der Waals surface area contributed by atoms with Crippen LogP contribution in [0.2, 0.25) is 0 Å². The van der Waals surface area contributed by atoms with Crippen molar-refractivity contribution < 1.29 is 9.84 Å². The maximum absolute atomic E-state index is 10.1. The van der Waals surface area contributed by atoms with Crippen LogP contribution in [0, 0.1) is 3.57 Å². The molecule has 106 valence electrons. The Labute approximate surface area is 135 Å². The molecular weight excluding hydrogens is 379 g/mol. The number of halogens is 1. The van der Waals surface area contributed by atoms with Crippen molar-refractivity contribution in [3.8, 4) is 34.0 Å². The van der Waals surface area contributed by atoms with Crippen LogP contribution in [0.4, 0.5) is 0 Å². The Morgan fingerprint density at radius 1 is 1.10 bits per heavy atom. The van der Waals surface area contributed by atoms with E-state index in [0.29, 0.717) is 11.3 Å². The molecule has 0 saturated heterocycles. The molecule has 1 aromatic heterocycles. The Bertz CT molecular complexity index is 766. The molecule has 0 saturated carbocycles. The molecule has 0 unspecified atom stereocenters. The van der Waals surface area contributed by atoms with E-state index in [-0.39, 0.29) is 5.75 Å². The fourth-order valence-electron chi connectivity index (χ4n) is 2.09. The molecule has 1 heterocycles. The molecule has 3 rings (SSSR count). The Morgan fingerprint density at radius 3 is 2.52 bits per heavy atom. The van der Waals surface area contributed by atoms with E-state index in [1.54, 1.807) is 25.3 Å². The summed E-state index contributed by atoms with van der Waals surface area (Å²) in [6.45, 7) is 0. The summed E-state index contributed by atoms with van der Waals surface area (Å²) < 4.78 is 6.27. The summed E-state index contributed by atoms with van der Waals surface area (Å²) in [5.74, 6) is 0.779. The van der Waals surface area contributed by atoms with Crippen LogP contribution in [0.5, 0.6) is 11.5 Å². The molecule has 0 aliphatic rings. The third-order valence-corrected chi connectivity index (χ3v) is 3.93. The van der Waals surface area contributed by atoms with E-state index in [4.69, 9.17) is 4.74 Å². The van der Waals surface area contributed by atoms with Crippen LogP contribution in [0.25, 0.3) is 22.5 Å². The summed E-state index contributed by atoms with van der Waals surface area (Å²) in [5.41, 5.74) is 3.34. The molecule has 3 aromatic rings. The largest absolute Gasteiger partial charge is 0.507 e. The van der Waals surface area contributed by atoms with Gasteiger partial charge in [0, 0.05) is 20.8 Å². The Morgan fingerprint density at radius 2 is 1.86 bits per heavy atom. The van der Waals surface area contributed by atoms with Crippen molar-refractivity contribution in [2.24, 2.45) is 0 Å². The van der Waals surface area contributed by atoms with Gasteiger partial charge in [0.1, 0.15) is 11.5 Å². The number of benzene rings is 2. The first-order chi connectivity index (χ1) is 10.2. The van der Waals surface area contributed by atoms with E-state index < -0.39 is 0 Å². The summed E-state index contributed by atoms with van der Waals surface area (Å²) in [4.78, 5) is 0. The predicted octanol–water partition coefficient (Wildman–Crippen LogP) is 4.06. The molecule has 0 bridgehead atoms. The van der Waals surface area contributed by atoms with Gasteiger partial charge in [-0.3, -0.25) is 5.10 Å². The molecular formula is C16H13IN2O2. The second-order valence-corrected chi connectivity index (χ2v) is 5.80. The number of hydrogen-bond donors (Lipinski definition) is 2. The standard InChI is InChI=1S/C16H13IN2O2/c1-21-12-6-7-13(16(20)8-12)15-9-14(18-19-15)10-2-4-11(17)5-3-10/h2-9,20H,1H3,(H,18,19). The van der Waals surface area contributed by atoms with E-state index in [2.05, 4.69) is 32.8 Å². The number of methoxy groups -OCH3 is 1. The van der Waals surface area contributed by atoms with Gasteiger partial charge in [0.2, 0.25) is 0 Å². The van der Waals surface area contributed by atoms with Gasteiger partial charge in [0.05, 0.1) is 18.5 Å². The molecule has 0 fully saturated rings. The molecule has 0 atom stereocenters. The average molecular weight is 392 g/mol. The van der Waals surface area contributed by atoms with Gasteiger partial charge in [-0.05, 0) is 52.9 Å². The number of hydrogen-bond acceptors (Lipinski definition) is 3. The number of rotatable bonds is 3. The van der Waals surface area contributed by atoms with Gasteiger partial charge in [-0.2, -0.15) is 5.10 Å². The highest BCUT2D eigenvalue weighted by Gasteiger charge is 2.10. The van der Waals surface area contributed by atoms with Crippen molar-refractivity contribution in [2.45, 2.75) is 0 Å².